The smallest absolute Gasteiger partial charge is 0.205 e. The maximum atomic E-state index is 8.10. The van der Waals surface area contributed by atoms with Crippen molar-refractivity contribution in [3.8, 4) is 6.19 Å². The van der Waals surface area contributed by atoms with Crippen molar-refractivity contribution in [2.45, 2.75) is 6.42 Å². The van der Waals surface area contributed by atoms with Crippen LogP contribution in [0.5, 0.6) is 0 Å². The molecule has 0 fully saturated rings. The van der Waals surface area contributed by atoms with Crippen molar-refractivity contribution >= 4 is 11.9 Å². The molecule has 3 heteroatoms. The van der Waals surface area contributed by atoms with Crippen LogP contribution in [0, 0.1) is 11.5 Å². The minimum atomic E-state index is 0.719. The Kier molecular flexibility index (Phi) is 1.76. The van der Waals surface area contributed by atoms with Crippen molar-refractivity contribution in [3.05, 3.63) is 12.3 Å². The Hall–Kier alpha value is -1.43. The highest BCUT2D eigenvalue weighted by molar-refractivity contribution is 6.31. The molecule has 1 rings (SSSR count). The van der Waals surface area contributed by atoms with Gasteiger partial charge in [0.15, 0.2) is 0 Å². The Balaban J connectivity index is 2.69. The summed E-state index contributed by atoms with van der Waals surface area (Å²) in [6.45, 7) is 0. The molecule has 1 aliphatic heterocycles. The molecule has 0 N–H and O–H groups in total. The molecule has 0 saturated carbocycles. The Bertz CT molecular complexity index is 217. The van der Waals surface area contributed by atoms with Crippen molar-refractivity contribution < 1.29 is 0 Å². The lowest BCUT2D eigenvalue weighted by atomic mass is 10.2. The van der Waals surface area contributed by atoms with Gasteiger partial charge in [-0.1, -0.05) is 6.08 Å². The van der Waals surface area contributed by atoms with Gasteiger partial charge in [0, 0.05) is 18.8 Å². The van der Waals surface area contributed by atoms with Crippen LogP contribution in [0.4, 0.5) is 0 Å². The summed E-state index contributed by atoms with van der Waals surface area (Å²) in [4.78, 5) is 7.29. The first-order valence-corrected chi connectivity index (χ1v) is 2.57. The molecule has 0 spiro atoms. The Morgan fingerprint density at radius 3 is 3.22 bits per heavy atom. The second kappa shape index (κ2) is 2.78. The van der Waals surface area contributed by atoms with Crippen LogP contribution in [0.1, 0.15) is 6.42 Å². The third-order valence-corrected chi connectivity index (χ3v) is 0.936. The van der Waals surface area contributed by atoms with Gasteiger partial charge in [0.1, 0.15) is 0 Å². The zero-order valence-corrected chi connectivity index (χ0v) is 4.78. The van der Waals surface area contributed by atoms with E-state index in [9.17, 15) is 0 Å². The van der Waals surface area contributed by atoms with E-state index in [1.807, 2.05) is 6.08 Å². The van der Waals surface area contributed by atoms with Crippen molar-refractivity contribution in [2.24, 2.45) is 9.98 Å². The van der Waals surface area contributed by atoms with Crippen molar-refractivity contribution in [1.82, 2.24) is 0 Å². The molecule has 0 radical (unpaired) electrons. The predicted molar refractivity (Wildman–Crippen MR) is 35.3 cm³/mol. The quantitative estimate of drug-likeness (QED) is 0.437. The third kappa shape index (κ3) is 1.50. The first-order chi connectivity index (χ1) is 4.43. The summed E-state index contributed by atoms with van der Waals surface area (Å²) < 4.78 is 0. The summed E-state index contributed by atoms with van der Waals surface area (Å²) in [5.41, 5.74) is 0.722. The summed E-state index contributed by atoms with van der Waals surface area (Å²) in [6, 6.07) is 0. The highest BCUT2D eigenvalue weighted by atomic mass is 14.8. The number of rotatable bonds is 0. The van der Waals surface area contributed by atoms with Gasteiger partial charge in [0.2, 0.25) is 6.19 Å². The molecule has 0 aromatic carbocycles. The average molecular weight is 119 g/mol. The van der Waals surface area contributed by atoms with Gasteiger partial charge in [-0.05, 0) is 0 Å². The fourth-order valence-corrected chi connectivity index (χ4v) is 0.555. The molecule has 0 atom stereocenters. The molecule has 9 heavy (non-hydrogen) atoms. The monoisotopic (exact) mass is 119 g/mol. The van der Waals surface area contributed by atoms with Gasteiger partial charge in [-0.3, -0.25) is 4.99 Å². The van der Waals surface area contributed by atoms with E-state index in [1.54, 1.807) is 18.6 Å². The molecule has 3 nitrogen and oxygen atoms in total. The van der Waals surface area contributed by atoms with Gasteiger partial charge in [-0.2, -0.15) is 10.3 Å². The average Bonchev–Trinajstić information content (AvgIpc) is 1.91. The van der Waals surface area contributed by atoms with E-state index in [2.05, 4.69) is 9.98 Å². The topological polar surface area (TPSA) is 48.5 Å². The number of hydrogen-bond donors (Lipinski definition) is 0. The van der Waals surface area contributed by atoms with Crippen LogP contribution >= 0.6 is 0 Å². The molecule has 0 aromatic heterocycles. The van der Waals surface area contributed by atoms with E-state index in [0.717, 1.165) is 12.1 Å². The number of nitrogens with zero attached hydrogens (tertiary/aromatic N) is 3. The van der Waals surface area contributed by atoms with Crippen LogP contribution in [-0.4, -0.2) is 11.9 Å². The van der Waals surface area contributed by atoms with Crippen LogP contribution in [0.25, 0.3) is 0 Å². The second-order valence-corrected chi connectivity index (χ2v) is 1.57. The standard InChI is InChI=1S/C6H5N3/c7-5-9-6-2-1-3-8-4-6/h1,3-4H,2H2. The zero-order valence-electron chi connectivity index (χ0n) is 4.78. The summed E-state index contributed by atoms with van der Waals surface area (Å²) >= 11 is 0. The van der Waals surface area contributed by atoms with E-state index >= 15 is 0 Å². The van der Waals surface area contributed by atoms with Gasteiger partial charge in [0.05, 0.1) is 5.71 Å². The number of nitriles is 1. The lowest BCUT2D eigenvalue weighted by Gasteiger charge is -1.93. The van der Waals surface area contributed by atoms with E-state index in [-0.39, 0.29) is 0 Å². The lowest BCUT2D eigenvalue weighted by molar-refractivity contribution is 1.36. The van der Waals surface area contributed by atoms with E-state index < -0.39 is 0 Å². The SMILES string of the molecule is N#CN=C1C=NC=CC1. The minimum Gasteiger partial charge on any atom is -0.263 e. The summed E-state index contributed by atoms with van der Waals surface area (Å²) in [7, 11) is 0. The first-order valence-electron chi connectivity index (χ1n) is 2.57. The fraction of sp³-hybridized carbons (Fsp3) is 0.167. The number of allylic oxidation sites excluding steroid dienone is 1. The number of hydrogen-bond acceptors (Lipinski definition) is 3. The molecule has 1 heterocycles. The second-order valence-electron chi connectivity index (χ2n) is 1.57. The maximum absolute atomic E-state index is 8.10. The lowest BCUT2D eigenvalue weighted by Crippen LogP contribution is -1.99. The van der Waals surface area contributed by atoms with E-state index in [0.29, 0.717) is 0 Å². The largest absolute Gasteiger partial charge is 0.263 e. The molecule has 0 aromatic rings. The summed E-state index contributed by atoms with van der Waals surface area (Å²) in [5, 5.41) is 8.10. The van der Waals surface area contributed by atoms with Crippen LogP contribution in [0.3, 0.4) is 0 Å². The van der Waals surface area contributed by atoms with Crippen molar-refractivity contribution in [3.63, 3.8) is 0 Å². The van der Waals surface area contributed by atoms with Gasteiger partial charge in [-0.25, -0.2) is 0 Å². The highest BCUT2D eigenvalue weighted by Gasteiger charge is 1.93. The van der Waals surface area contributed by atoms with Gasteiger partial charge < -0.3 is 0 Å². The molecule has 0 saturated heterocycles. The normalized spacial score (nSPS) is 20.1. The van der Waals surface area contributed by atoms with Crippen LogP contribution in [0.15, 0.2) is 22.3 Å². The van der Waals surface area contributed by atoms with Crippen molar-refractivity contribution in [1.29, 1.82) is 5.26 Å². The molecular formula is C6H5N3. The third-order valence-electron chi connectivity index (χ3n) is 0.936. The first kappa shape index (κ1) is 5.70. The molecule has 0 amide bonds. The minimum absolute atomic E-state index is 0.719. The molecule has 1 aliphatic rings. The molecule has 0 aliphatic carbocycles. The van der Waals surface area contributed by atoms with Gasteiger partial charge >= 0.3 is 0 Å². The van der Waals surface area contributed by atoms with E-state index in [4.69, 9.17) is 5.26 Å². The van der Waals surface area contributed by atoms with Gasteiger partial charge in [0.25, 0.3) is 0 Å². The van der Waals surface area contributed by atoms with Crippen LogP contribution < -0.4 is 0 Å². The molecular weight excluding hydrogens is 114 g/mol. The number of aliphatic imine (C=N–C) groups is 2. The Morgan fingerprint density at radius 1 is 1.78 bits per heavy atom. The fourth-order valence-electron chi connectivity index (χ4n) is 0.555. The zero-order chi connectivity index (χ0) is 6.53. The highest BCUT2D eigenvalue weighted by Crippen LogP contribution is 1.93. The maximum Gasteiger partial charge on any atom is 0.205 e. The van der Waals surface area contributed by atoms with Crippen molar-refractivity contribution in [2.75, 3.05) is 0 Å². The van der Waals surface area contributed by atoms with Gasteiger partial charge in [-0.15, -0.1) is 0 Å². The van der Waals surface area contributed by atoms with Crippen LogP contribution in [-0.2, 0) is 0 Å². The van der Waals surface area contributed by atoms with E-state index in [1.165, 1.54) is 0 Å². The van der Waals surface area contributed by atoms with Crippen LogP contribution in [0.2, 0.25) is 0 Å². The Morgan fingerprint density at radius 2 is 2.67 bits per heavy atom. The predicted octanol–water partition coefficient (Wildman–Crippen LogP) is 0.897. The summed E-state index contributed by atoms with van der Waals surface area (Å²) in [6.07, 6.45) is 7.55. The molecule has 44 valence electrons. The Labute approximate surface area is 53.1 Å². The summed E-state index contributed by atoms with van der Waals surface area (Å²) in [5.74, 6) is 0. The molecule has 0 bridgehead atoms. The molecule has 0 unspecified atom stereocenters.